The molecule has 152 valence electrons. The van der Waals surface area contributed by atoms with Crippen molar-refractivity contribution >= 4 is 49.0 Å². The van der Waals surface area contributed by atoms with Crippen LogP contribution >= 0.6 is 11.3 Å². The van der Waals surface area contributed by atoms with Gasteiger partial charge in [-0.05, 0) is 49.2 Å². The van der Waals surface area contributed by atoms with E-state index >= 15 is 0 Å². The summed E-state index contributed by atoms with van der Waals surface area (Å²) in [6.45, 7) is 2.85. The van der Waals surface area contributed by atoms with Crippen molar-refractivity contribution in [1.82, 2.24) is 5.32 Å². The van der Waals surface area contributed by atoms with Crippen LogP contribution in [-0.4, -0.2) is 39.0 Å². The summed E-state index contributed by atoms with van der Waals surface area (Å²) >= 11 is 1.29. The van der Waals surface area contributed by atoms with Crippen LogP contribution in [-0.2, 0) is 14.8 Å². The van der Waals surface area contributed by atoms with Gasteiger partial charge in [0, 0.05) is 22.5 Å². The van der Waals surface area contributed by atoms with E-state index in [1.807, 2.05) is 6.07 Å². The highest BCUT2D eigenvalue weighted by atomic mass is 32.2. The highest BCUT2D eigenvalue weighted by molar-refractivity contribution is 7.92. The summed E-state index contributed by atoms with van der Waals surface area (Å²) in [7, 11) is -2.57. The molecule has 0 atom stereocenters. The zero-order chi connectivity index (χ0) is 21.3. The van der Waals surface area contributed by atoms with Crippen molar-refractivity contribution < 1.29 is 23.1 Å². The van der Waals surface area contributed by atoms with Crippen LogP contribution in [0, 0.1) is 13.8 Å². The second-order valence-electron chi connectivity index (χ2n) is 6.64. The van der Waals surface area contributed by atoms with Crippen molar-refractivity contribution in [2.45, 2.75) is 18.7 Å². The van der Waals surface area contributed by atoms with Crippen molar-refractivity contribution in [2.75, 3.05) is 17.9 Å². The molecule has 9 heteroatoms. The van der Waals surface area contributed by atoms with Gasteiger partial charge < -0.3 is 10.4 Å². The fourth-order valence-corrected chi connectivity index (χ4v) is 5.70. The monoisotopic (exact) mass is 432 g/mol. The fourth-order valence-electron chi connectivity index (χ4n) is 3.13. The Morgan fingerprint density at radius 3 is 2.34 bits per heavy atom. The third-order valence-electron chi connectivity index (χ3n) is 4.38. The number of carboxylic acid groups (broad SMARTS) is 1. The molecule has 0 radical (unpaired) electrons. The zero-order valence-electron chi connectivity index (χ0n) is 16.1. The predicted octanol–water partition coefficient (Wildman–Crippen LogP) is 3.16. The molecular weight excluding hydrogens is 412 g/mol. The Balaban J connectivity index is 2.14. The topological polar surface area (TPSA) is 104 Å². The summed E-state index contributed by atoms with van der Waals surface area (Å²) in [5.41, 5.74) is 2.25. The van der Waals surface area contributed by atoms with E-state index in [9.17, 15) is 23.1 Å². The van der Waals surface area contributed by atoms with Crippen LogP contribution in [0.4, 0.5) is 5.69 Å². The molecule has 0 aliphatic rings. The van der Waals surface area contributed by atoms with Gasteiger partial charge in [0.05, 0.1) is 16.1 Å². The number of anilines is 1. The number of hydrogen-bond donors (Lipinski definition) is 2. The van der Waals surface area contributed by atoms with Crippen LogP contribution in [0.3, 0.4) is 0 Å². The molecule has 7 nitrogen and oxygen atoms in total. The van der Waals surface area contributed by atoms with Crippen LogP contribution in [0.2, 0.25) is 0 Å². The van der Waals surface area contributed by atoms with Crippen LogP contribution in [0.1, 0.15) is 21.5 Å². The number of amides is 1. The first-order chi connectivity index (χ1) is 13.6. The number of rotatable bonds is 6. The van der Waals surface area contributed by atoms with E-state index in [1.165, 1.54) is 36.6 Å². The Morgan fingerprint density at radius 2 is 1.76 bits per heavy atom. The number of nitrogens with zero attached hydrogens (tertiary/aromatic N) is 1. The highest BCUT2D eigenvalue weighted by Crippen LogP contribution is 2.32. The summed E-state index contributed by atoms with van der Waals surface area (Å²) < 4.78 is 28.1. The highest BCUT2D eigenvalue weighted by Gasteiger charge is 2.28. The first-order valence-electron chi connectivity index (χ1n) is 8.69. The number of carboxylic acids is 1. The van der Waals surface area contributed by atoms with Gasteiger partial charge in [0.2, 0.25) is 0 Å². The summed E-state index contributed by atoms with van der Waals surface area (Å²) in [4.78, 5) is 23.4. The van der Waals surface area contributed by atoms with E-state index < -0.39 is 22.5 Å². The minimum Gasteiger partial charge on any atom is -0.480 e. The Bertz CT molecular complexity index is 1190. The standard InChI is InChI=1S/C20H20N2O5S2/c1-12-6-13(2)8-15(7-12)29(26,27)22(10-19(23)24)14-4-5-16-17(20(25)21-3)11-28-18(16)9-14/h4-9,11H,10H2,1-3H3,(H,21,25)(H,23,24). The van der Waals surface area contributed by atoms with Gasteiger partial charge >= 0.3 is 5.97 Å². The Hall–Kier alpha value is -2.91. The number of aliphatic carboxylic acids is 1. The lowest BCUT2D eigenvalue weighted by Gasteiger charge is -2.23. The first-order valence-corrected chi connectivity index (χ1v) is 11.0. The summed E-state index contributed by atoms with van der Waals surface area (Å²) in [5, 5.41) is 14.3. The average Bonchev–Trinajstić information content (AvgIpc) is 3.07. The maximum absolute atomic E-state index is 13.3. The molecule has 0 bridgehead atoms. The van der Waals surface area contributed by atoms with Crippen LogP contribution in [0.25, 0.3) is 10.1 Å². The van der Waals surface area contributed by atoms with E-state index in [-0.39, 0.29) is 16.5 Å². The van der Waals surface area contributed by atoms with Crippen molar-refractivity contribution in [3.8, 4) is 0 Å². The third-order valence-corrected chi connectivity index (χ3v) is 7.08. The number of nitrogens with one attached hydrogen (secondary N) is 1. The minimum absolute atomic E-state index is 0.0357. The van der Waals surface area contributed by atoms with E-state index in [2.05, 4.69) is 5.32 Å². The van der Waals surface area contributed by atoms with Crippen LogP contribution in [0.15, 0.2) is 46.7 Å². The molecule has 1 amide bonds. The van der Waals surface area contributed by atoms with Gasteiger partial charge in [0.1, 0.15) is 6.54 Å². The molecule has 2 N–H and O–H groups in total. The number of hydrogen-bond acceptors (Lipinski definition) is 5. The predicted molar refractivity (Wildman–Crippen MR) is 113 cm³/mol. The number of carbonyl (C=O) groups is 2. The molecule has 3 rings (SSSR count). The van der Waals surface area contributed by atoms with Crippen LogP contribution in [0.5, 0.6) is 0 Å². The number of thiophene rings is 1. The molecule has 2 aromatic carbocycles. The van der Waals surface area contributed by atoms with Gasteiger partial charge in [0.15, 0.2) is 0 Å². The van der Waals surface area contributed by atoms with Gasteiger partial charge in [0.25, 0.3) is 15.9 Å². The second kappa shape index (κ2) is 7.84. The van der Waals surface area contributed by atoms with Crippen LogP contribution < -0.4 is 9.62 Å². The molecular formula is C20H20N2O5S2. The first kappa shape index (κ1) is 20.8. The summed E-state index contributed by atoms with van der Waals surface area (Å²) in [5.74, 6) is -1.51. The fraction of sp³-hybridized carbons (Fsp3) is 0.200. The Morgan fingerprint density at radius 1 is 1.10 bits per heavy atom. The number of carbonyl (C=O) groups excluding carboxylic acids is 1. The molecule has 0 spiro atoms. The maximum atomic E-state index is 13.3. The normalized spacial score (nSPS) is 11.4. The molecule has 0 unspecified atom stereocenters. The summed E-state index contributed by atoms with van der Waals surface area (Å²) in [6.07, 6.45) is 0. The number of benzene rings is 2. The molecule has 3 aromatic rings. The molecule has 0 fully saturated rings. The second-order valence-corrected chi connectivity index (χ2v) is 9.41. The van der Waals surface area contributed by atoms with Gasteiger partial charge in [-0.25, -0.2) is 8.42 Å². The number of aryl methyl sites for hydroxylation is 2. The lowest BCUT2D eigenvalue weighted by molar-refractivity contribution is -0.135. The smallest absolute Gasteiger partial charge is 0.324 e. The average molecular weight is 433 g/mol. The van der Waals surface area contributed by atoms with E-state index in [0.717, 1.165) is 15.4 Å². The molecule has 0 saturated heterocycles. The van der Waals surface area contributed by atoms with Gasteiger partial charge in [-0.1, -0.05) is 12.1 Å². The SMILES string of the molecule is CNC(=O)c1csc2cc(N(CC(=O)O)S(=O)(=O)c3cc(C)cc(C)c3)ccc12. The van der Waals surface area contributed by atoms with Gasteiger partial charge in [-0.3, -0.25) is 13.9 Å². The lowest BCUT2D eigenvalue weighted by Crippen LogP contribution is -2.35. The number of fused-ring (bicyclic) bond motifs is 1. The molecule has 0 aliphatic heterocycles. The van der Waals surface area contributed by atoms with E-state index in [1.54, 1.807) is 31.4 Å². The van der Waals surface area contributed by atoms with Gasteiger partial charge in [-0.15, -0.1) is 11.3 Å². The zero-order valence-corrected chi connectivity index (χ0v) is 17.7. The Kier molecular flexibility index (Phi) is 5.63. The molecule has 0 saturated carbocycles. The molecule has 0 aliphatic carbocycles. The quantitative estimate of drug-likeness (QED) is 0.623. The maximum Gasteiger partial charge on any atom is 0.324 e. The third kappa shape index (κ3) is 4.10. The van der Waals surface area contributed by atoms with Crippen molar-refractivity contribution in [1.29, 1.82) is 0 Å². The molecule has 1 aromatic heterocycles. The summed E-state index contributed by atoms with van der Waals surface area (Å²) in [6, 6.07) is 9.63. The minimum atomic E-state index is -4.10. The van der Waals surface area contributed by atoms with Crippen molar-refractivity contribution in [3.05, 3.63) is 58.5 Å². The van der Waals surface area contributed by atoms with Gasteiger partial charge in [-0.2, -0.15) is 0 Å². The van der Waals surface area contributed by atoms with E-state index in [0.29, 0.717) is 15.6 Å². The Labute approximate surface area is 172 Å². The van der Waals surface area contributed by atoms with Crippen molar-refractivity contribution in [3.63, 3.8) is 0 Å². The van der Waals surface area contributed by atoms with E-state index in [4.69, 9.17) is 0 Å². The molecule has 29 heavy (non-hydrogen) atoms. The van der Waals surface area contributed by atoms with Crippen molar-refractivity contribution in [2.24, 2.45) is 0 Å². The number of sulfonamides is 1. The largest absolute Gasteiger partial charge is 0.480 e. The lowest BCUT2D eigenvalue weighted by atomic mass is 10.1. The molecule has 1 heterocycles.